The largest absolute Gasteiger partial charge is 0.493 e. The van der Waals surface area contributed by atoms with E-state index in [2.05, 4.69) is 5.32 Å². The van der Waals surface area contributed by atoms with Gasteiger partial charge in [-0.15, -0.1) is 0 Å². The maximum absolute atomic E-state index is 12.5. The summed E-state index contributed by atoms with van der Waals surface area (Å²) in [4.78, 5) is 12.5. The Labute approximate surface area is 147 Å². The van der Waals surface area contributed by atoms with Crippen molar-refractivity contribution >= 4 is 12.0 Å². The molecule has 1 aliphatic heterocycles. The Hall–Kier alpha value is -2.68. The fourth-order valence-electron chi connectivity index (χ4n) is 3.15. The minimum Gasteiger partial charge on any atom is -0.493 e. The van der Waals surface area contributed by atoms with Gasteiger partial charge in [0, 0.05) is 17.7 Å². The topological polar surface area (TPSA) is 80.6 Å². The predicted octanol–water partition coefficient (Wildman–Crippen LogP) is 3.17. The molecular formula is C19H22N2O4. The molecule has 0 bridgehead atoms. The summed E-state index contributed by atoms with van der Waals surface area (Å²) in [6, 6.07) is 5.61. The molecule has 0 atom stereocenters. The van der Waals surface area contributed by atoms with Crippen molar-refractivity contribution in [2.24, 2.45) is 0 Å². The Morgan fingerprint density at radius 3 is 2.72 bits per heavy atom. The predicted molar refractivity (Wildman–Crippen MR) is 92.3 cm³/mol. The van der Waals surface area contributed by atoms with Gasteiger partial charge in [0.2, 0.25) is 6.79 Å². The summed E-state index contributed by atoms with van der Waals surface area (Å²) in [6.45, 7) is 2.50. The monoisotopic (exact) mass is 342 g/mol. The average Bonchev–Trinajstić information content (AvgIpc) is 3.07. The number of rotatable bonds is 5. The van der Waals surface area contributed by atoms with Crippen molar-refractivity contribution in [2.45, 2.75) is 45.1 Å². The number of carbonyl (C=O) groups is 1. The number of carbonyl (C=O) groups excluding carboxylic acids is 1. The lowest BCUT2D eigenvalue weighted by Crippen LogP contribution is -2.36. The molecule has 1 amide bonds. The maximum Gasteiger partial charge on any atom is 0.262 e. The molecule has 1 fully saturated rings. The maximum atomic E-state index is 12.5. The van der Waals surface area contributed by atoms with Gasteiger partial charge < -0.3 is 19.5 Å². The van der Waals surface area contributed by atoms with Crippen LogP contribution < -0.4 is 19.5 Å². The van der Waals surface area contributed by atoms with Crippen molar-refractivity contribution in [3.8, 4) is 23.3 Å². The van der Waals surface area contributed by atoms with E-state index in [4.69, 9.17) is 14.2 Å². The molecule has 0 saturated heterocycles. The van der Waals surface area contributed by atoms with E-state index in [1.165, 1.54) is 6.42 Å². The van der Waals surface area contributed by atoms with E-state index in [9.17, 15) is 10.1 Å². The summed E-state index contributed by atoms with van der Waals surface area (Å²) in [5, 5.41) is 12.4. The van der Waals surface area contributed by atoms with Crippen LogP contribution in [0.3, 0.4) is 0 Å². The zero-order chi connectivity index (χ0) is 17.6. The molecule has 132 valence electrons. The zero-order valence-electron chi connectivity index (χ0n) is 14.3. The van der Waals surface area contributed by atoms with Gasteiger partial charge in [-0.1, -0.05) is 19.3 Å². The van der Waals surface area contributed by atoms with Crippen LogP contribution in [-0.4, -0.2) is 25.3 Å². The molecule has 0 radical (unpaired) electrons. The van der Waals surface area contributed by atoms with E-state index in [-0.39, 0.29) is 24.3 Å². The Morgan fingerprint density at radius 1 is 1.32 bits per heavy atom. The summed E-state index contributed by atoms with van der Waals surface area (Å²) < 4.78 is 16.3. The van der Waals surface area contributed by atoms with Crippen LogP contribution in [0.5, 0.6) is 17.2 Å². The fraction of sp³-hybridized carbons (Fsp3) is 0.474. The van der Waals surface area contributed by atoms with E-state index >= 15 is 0 Å². The molecule has 1 aromatic rings. The minimum atomic E-state index is -0.338. The van der Waals surface area contributed by atoms with Gasteiger partial charge in [0.15, 0.2) is 11.5 Å². The summed E-state index contributed by atoms with van der Waals surface area (Å²) in [6.07, 6.45) is 6.94. The Balaban J connectivity index is 1.83. The van der Waals surface area contributed by atoms with Gasteiger partial charge in [-0.3, -0.25) is 4.79 Å². The highest BCUT2D eigenvalue weighted by molar-refractivity contribution is 6.02. The Morgan fingerprint density at radius 2 is 2.04 bits per heavy atom. The number of benzene rings is 1. The third-order valence-electron chi connectivity index (χ3n) is 4.41. The van der Waals surface area contributed by atoms with Crippen LogP contribution in [-0.2, 0) is 4.79 Å². The van der Waals surface area contributed by atoms with E-state index < -0.39 is 0 Å². The molecule has 0 spiro atoms. The van der Waals surface area contributed by atoms with Crippen LogP contribution in [0.25, 0.3) is 6.08 Å². The first-order chi connectivity index (χ1) is 12.2. The smallest absolute Gasteiger partial charge is 0.262 e. The second-order valence-electron chi connectivity index (χ2n) is 6.15. The van der Waals surface area contributed by atoms with E-state index in [1.807, 2.05) is 13.0 Å². The van der Waals surface area contributed by atoms with E-state index in [0.717, 1.165) is 25.7 Å². The van der Waals surface area contributed by atoms with Crippen LogP contribution in [0, 0.1) is 11.3 Å². The van der Waals surface area contributed by atoms with Gasteiger partial charge >= 0.3 is 0 Å². The molecule has 6 nitrogen and oxygen atoms in total. The lowest BCUT2D eigenvalue weighted by atomic mass is 9.95. The quantitative estimate of drug-likeness (QED) is 0.657. The molecule has 1 aromatic carbocycles. The summed E-state index contributed by atoms with van der Waals surface area (Å²) in [5.74, 6) is 1.41. The molecule has 1 saturated carbocycles. The first-order valence-corrected chi connectivity index (χ1v) is 8.70. The minimum absolute atomic E-state index is 0.0605. The molecule has 1 heterocycles. The summed E-state index contributed by atoms with van der Waals surface area (Å²) >= 11 is 0. The normalized spacial score (nSPS) is 17.0. The standard InChI is InChI=1S/C19H22N2O4/c1-2-23-16-10-18-17(24-12-25-18)9-13(16)8-14(11-20)19(22)21-15-6-4-3-5-7-15/h8-10,15H,2-7,12H2,1H3,(H,21,22)/b14-8+. The number of amides is 1. The Kier molecular flexibility index (Phi) is 5.44. The number of hydrogen-bond donors (Lipinski definition) is 1. The van der Waals surface area contributed by atoms with Crippen LogP contribution in [0.15, 0.2) is 17.7 Å². The molecule has 2 aliphatic rings. The third-order valence-corrected chi connectivity index (χ3v) is 4.41. The van der Waals surface area contributed by atoms with Crippen molar-refractivity contribution in [3.05, 3.63) is 23.3 Å². The molecule has 3 rings (SSSR count). The number of fused-ring (bicyclic) bond motifs is 1. The average molecular weight is 342 g/mol. The van der Waals surface area contributed by atoms with Crippen LogP contribution in [0.4, 0.5) is 0 Å². The van der Waals surface area contributed by atoms with Gasteiger partial charge in [0.25, 0.3) is 5.91 Å². The molecule has 0 unspecified atom stereocenters. The second-order valence-corrected chi connectivity index (χ2v) is 6.15. The number of nitriles is 1. The van der Waals surface area contributed by atoms with Gasteiger partial charge in [-0.2, -0.15) is 5.26 Å². The number of ether oxygens (including phenoxy) is 3. The lowest BCUT2D eigenvalue weighted by Gasteiger charge is -2.22. The highest BCUT2D eigenvalue weighted by Gasteiger charge is 2.21. The Bertz CT molecular complexity index is 715. The van der Waals surface area contributed by atoms with Crippen molar-refractivity contribution in [1.29, 1.82) is 5.26 Å². The fourth-order valence-corrected chi connectivity index (χ4v) is 3.15. The first kappa shape index (κ1) is 17.2. The molecule has 25 heavy (non-hydrogen) atoms. The van der Waals surface area contributed by atoms with E-state index in [1.54, 1.807) is 18.2 Å². The SMILES string of the molecule is CCOc1cc2c(cc1/C=C(\C#N)C(=O)NC1CCCCC1)OCO2. The molecule has 1 N–H and O–H groups in total. The van der Waals surface area contributed by atoms with Crippen LogP contribution in [0.1, 0.15) is 44.6 Å². The summed E-state index contributed by atoms with van der Waals surface area (Å²) in [5.41, 5.74) is 0.687. The van der Waals surface area contributed by atoms with Crippen LogP contribution in [0.2, 0.25) is 0 Å². The highest BCUT2D eigenvalue weighted by atomic mass is 16.7. The first-order valence-electron chi connectivity index (χ1n) is 8.70. The summed E-state index contributed by atoms with van der Waals surface area (Å²) in [7, 11) is 0. The molecule has 6 heteroatoms. The van der Waals surface area contributed by atoms with Crippen molar-refractivity contribution in [1.82, 2.24) is 5.32 Å². The van der Waals surface area contributed by atoms with Gasteiger partial charge in [0.05, 0.1) is 6.61 Å². The van der Waals surface area contributed by atoms with Gasteiger partial charge in [-0.25, -0.2) is 0 Å². The zero-order valence-corrected chi connectivity index (χ0v) is 14.3. The number of nitrogens with zero attached hydrogens (tertiary/aromatic N) is 1. The number of nitrogens with one attached hydrogen (secondary N) is 1. The van der Waals surface area contributed by atoms with E-state index in [0.29, 0.717) is 29.4 Å². The van der Waals surface area contributed by atoms with Gasteiger partial charge in [-0.05, 0) is 31.9 Å². The van der Waals surface area contributed by atoms with Crippen LogP contribution >= 0.6 is 0 Å². The lowest BCUT2D eigenvalue weighted by molar-refractivity contribution is -0.117. The van der Waals surface area contributed by atoms with Crippen molar-refractivity contribution in [3.63, 3.8) is 0 Å². The molecular weight excluding hydrogens is 320 g/mol. The molecule has 0 aromatic heterocycles. The number of hydrogen-bond acceptors (Lipinski definition) is 5. The molecule has 1 aliphatic carbocycles. The van der Waals surface area contributed by atoms with Crippen molar-refractivity contribution in [2.75, 3.05) is 13.4 Å². The third kappa shape index (κ3) is 4.05. The van der Waals surface area contributed by atoms with Crippen molar-refractivity contribution < 1.29 is 19.0 Å². The second kappa shape index (κ2) is 7.93. The van der Waals surface area contributed by atoms with Gasteiger partial charge in [0.1, 0.15) is 17.4 Å². The highest BCUT2D eigenvalue weighted by Crippen LogP contribution is 2.39.